The zero-order chi connectivity index (χ0) is 21.4. The van der Waals surface area contributed by atoms with Gasteiger partial charge < -0.3 is 16.2 Å². The maximum absolute atomic E-state index is 13.3. The largest absolute Gasteiger partial charge is 0.480 e. The fourth-order valence-corrected chi connectivity index (χ4v) is 3.31. The van der Waals surface area contributed by atoms with E-state index in [1.807, 2.05) is 56.3 Å². The average Bonchev–Trinajstić information content (AvgIpc) is 2.71. The first-order valence-electron chi connectivity index (χ1n) is 9.80. The minimum atomic E-state index is -1.02. The molecule has 0 bridgehead atoms. The lowest BCUT2D eigenvalue weighted by atomic mass is 9.76. The summed E-state index contributed by atoms with van der Waals surface area (Å²) in [6.07, 6.45) is 2.38. The third-order valence-corrected chi connectivity index (χ3v) is 5.18. The number of nitrogen functional groups attached to an aromatic ring is 1. The Kier molecular flexibility index (Phi) is 7.53. The molecule has 0 aliphatic carbocycles. The summed E-state index contributed by atoms with van der Waals surface area (Å²) < 4.78 is 0. The van der Waals surface area contributed by atoms with E-state index in [0.717, 1.165) is 24.0 Å². The zero-order valence-electron chi connectivity index (χ0n) is 16.9. The third kappa shape index (κ3) is 5.67. The van der Waals surface area contributed by atoms with E-state index in [9.17, 15) is 14.7 Å². The lowest BCUT2D eigenvalue weighted by Gasteiger charge is -2.31. The number of unbranched alkanes of at least 4 members (excludes halogenated alkanes) is 1. The van der Waals surface area contributed by atoms with Crippen molar-refractivity contribution < 1.29 is 14.7 Å². The molecule has 1 amide bonds. The molecule has 0 aromatic heterocycles. The van der Waals surface area contributed by atoms with Gasteiger partial charge in [-0.15, -0.1) is 0 Å². The highest BCUT2D eigenvalue weighted by atomic mass is 16.4. The lowest BCUT2D eigenvalue weighted by Crippen LogP contribution is -2.50. The van der Waals surface area contributed by atoms with Crippen molar-refractivity contribution in [2.24, 2.45) is 5.73 Å². The normalized spacial score (nSPS) is 13.9. The van der Waals surface area contributed by atoms with Crippen molar-refractivity contribution in [2.45, 2.75) is 51.0 Å². The van der Waals surface area contributed by atoms with Crippen LogP contribution in [0.4, 0.5) is 0 Å². The van der Waals surface area contributed by atoms with Crippen LogP contribution in [0.3, 0.4) is 0 Å². The summed E-state index contributed by atoms with van der Waals surface area (Å²) in [7, 11) is 0. The van der Waals surface area contributed by atoms with Gasteiger partial charge in [-0.05, 0) is 30.9 Å². The average molecular weight is 396 g/mol. The highest BCUT2D eigenvalue weighted by Crippen LogP contribution is 2.29. The van der Waals surface area contributed by atoms with Crippen molar-refractivity contribution in [1.82, 2.24) is 5.32 Å². The van der Waals surface area contributed by atoms with Crippen molar-refractivity contribution in [2.75, 3.05) is 0 Å². The molecule has 154 valence electrons. The highest BCUT2D eigenvalue weighted by molar-refractivity contribution is 5.95. The van der Waals surface area contributed by atoms with Gasteiger partial charge in [-0.1, -0.05) is 74.4 Å². The molecule has 2 rings (SSSR count). The van der Waals surface area contributed by atoms with Crippen LogP contribution in [0.5, 0.6) is 0 Å². The molecule has 29 heavy (non-hydrogen) atoms. The van der Waals surface area contributed by atoms with Gasteiger partial charge in [0.1, 0.15) is 11.9 Å². The molecule has 2 aromatic rings. The molecule has 6 heteroatoms. The summed E-state index contributed by atoms with van der Waals surface area (Å²) in [5, 5.41) is 19.8. The minimum Gasteiger partial charge on any atom is -0.480 e. The molecule has 0 radical (unpaired) electrons. The number of carbonyl (C=O) groups is 2. The molecule has 0 aliphatic rings. The van der Waals surface area contributed by atoms with Crippen molar-refractivity contribution in [1.29, 1.82) is 5.41 Å². The molecular formula is C23H29N3O3. The van der Waals surface area contributed by atoms with Gasteiger partial charge in [0, 0.05) is 5.56 Å². The van der Waals surface area contributed by atoms with Gasteiger partial charge in [-0.25, -0.2) is 4.79 Å². The molecule has 1 unspecified atom stereocenters. The Morgan fingerprint density at radius 3 is 2.28 bits per heavy atom. The summed E-state index contributed by atoms with van der Waals surface area (Å²) in [6, 6.07) is 15.7. The molecule has 0 heterocycles. The standard InChI is InChI=1S/C23H29N3O3/c1-3-4-10-19(21(27)28)26-22(29)23(2,18-8-6-5-7-9-18)15-16-11-13-17(14-12-16)20(24)25/h5-9,11-14,19H,3-4,10,15H2,1-2H3,(H3,24,25)(H,26,29)(H,27,28)/t19?,23-/m0/s1. The Hall–Kier alpha value is -3.15. The maximum Gasteiger partial charge on any atom is 0.326 e. The number of nitrogens with one attached hydrogen (secondary N) is 2. The molecule has 2 atom stereocenters. The second-order valence-electron chi connectivity index (χ2n) is 7.49. The molecule has 0 spiro atoms. The number of rotatable bonds is 10. The van der Waals surface area contributed by atoms with Gasteiger partial charge in [-0.3, -0.25) is 10.2 Å². The number of carboxylic acids is 1. The Labute approximate surface area is 171 Å². The Balaban J connectivity index is 2.33. The molecule has 0 saturated heterocycles. The Morgan fingerprint density at radius 2 is 1.76 bits per heavy atom. The van der Waals surface area contributed by atoms with E-state index < -0.39 is 17.4 Å². The topological polar surface area (TPSA) is 116 Å². The van der Waals surface area contributed by atoms with Gasteiger partial charge in [0.15, 0.2) is 0 Å². The first kappa shape index (κ1) is 22.1. The van der Waals surface area contributed by atoms with Crippen LogP contribution >= 0.6 is 0 Å². The number of carboxylic acid groups (broad SMARTS) is 1. The van der Waals surface area contributed by atoms with Gasteiger partial charge in [0.05, 0.1) is 5.41 Å². The van der Waals surface area contributed by atoms with Gasteiger partial charge in [0.25, 0.3) is 0 Å². The minimum absolute atomic E-state index is 0.0136. The van der Waals surface area contributed by atoms with Gasteiger partial charge in [0.2, 0.25) is 5.91 Å². The second-order valence-corrected chi connectivity index (χ2v) is 7.49. The fourth-order valence-electron chi connectivity index (χ4n) is 3.31. The van der Waals surface area contributed by atoms with Crippen LogP contribution in [0.2, 0.25) is 0 Å². The molecule has 5 N–H and O–H groups in total. The smallest absolute Gasteiger partial charge is 0.326 e. The van der Waals surface area contributed by atoms with E-state index in [4.69, 9.17) is 11.1 Å². The third-order valence-electron chi connectivity index (χ3n) is 5.18. The van der Waals surface area contributed by atoms with E-state index in [-0.39, 0.29) is 11.7 Å². The van der Waals surface area contributed by atoms with Crippen molar-refractivity contribution in [3.63, 3.8) is 0 Å². The van der Waals surface area contributed by atoms with E-state index >= 15 is 0 Å². The quantitative estimate of drug-likeness (QED) is 0.365. The summed E-state index contributed by atoms with van der Waals surface area (Å²) in [6.45, 7) is 3.81. The molecular weight excluding hydrogens is 366 g/mol. The first-order chi connectivity index (χ1) is 13.8. The summed E-state index contributed by atoms with van der Waals surface area (Å²) in [4.78, 5) is 24.9. The number of hydrogen-bond donors (Lipinski definition) is 4. The van der Waals surface area contributed by atoms with Crippen molar-refractivity contribution >= 4 is 17.7 Å². The fraction of sp³-hybridized carbons (Fsp3) is 0.348. The molecule has 0 saturated carbocycles. The predicted molar refractivity (Wildman–Crippen MR) is 114 cm³/mol. The summed E-state index contributed by atoms with van der Waals surface area (Å²) in [5.41, 5.74) is 6.90. The predicted octanol–water partition coefficient (Wildman–Crippen LogP) is 3.23. The van der Waals surface area contributed by atoms with Crippen LogP contribution < -0.4 is 11.1 Å². The van der Waals surface area contributed by atoms with Gasteiger partial charge in [-0.2, -0.15) is 0 Å². The summed E-state index contributed by atoms with van der Waals surface area (Å²) >= 11 is 0. The molecule has 6 nitrogen and oxygen atoms in total. The SMILES string of the molecule is CCCCC(NC(=O)[C@@](C)(Cc1ccc(C(=N)N)cc1)c1ccccc1)C(=O)O. The first-order valence-corrected chi connectivity index (χ1v) is 9.80. The number of amides is 1. The molecule has 0 aliphatic heterocycles. The zero-order valence-corrected chi connectivity index (χ0v) is 16.9. The van der Waals surface area contributed by atoms with Crippen molar-refractivity contribution in [3.05, 3.63) is 71.3 Å². The number of carbonyl (C=O) groups excluding carboxylic acids is 1. The van der Waals surface area contributed by atoms with Crippen LogP contribution in [0.15, 0.2) is 54.6 Å². The highest BCUT2D eigenvalue weighted by Gasteiger charge is 2.37. The number of hydrogen-bond acceptors (Lipinski definition) is 3. The van der Waals surface area contributed by atoms with E-state index in [0.29, 0.717) is 18.4 Å². The van der Waals surface area contributed by atoms with E-state index in [2.05, 4.69) is 5.32 Å². The van der Waals surface area contributed by atoms with Gasteiger partial charge >= 0.3 is 5.97 Å². The van der Waals surface area contributed by atoms with E-state index in [1.54, 1.807) is 12.1 Å². The Bertz CT molecular complexity index is 849. The van der Waals surface area contributed by atoms with E-state index in [1.165, 1.54) is 0 Å². The monoisotopic (exact) mass is 395 g/mol. The number of amidine groups is 1. The number of nitrogens with two attached hydrogens (primary N) is 1. The Morgan fingerprint density at radius 1 is 1.14 bits per heavy atom. The molecule has 0 fully saturated rings. The lowest BCUT2D eigenvalue weighted by molar-refractivity contribution is -0.143. The van der Waals surface area contributed by atoms with Crippen LogP contribution in [0.25, 0.3) is 0 Å². The number of benzene rings is 2. The van der Waals surface area contributed by atoms with Crippen LogP contribution in [-0.2, 0) is 21.4 Å². The molecule has 2 aromatic carbocycles. The second kappa shape index (κ2) is 9.87. The maximum atomic E-state index is 13.3. The van der Waals surface area contributed by atoms with Crippen LogP contribution in [0.1, 0.15) is 49.8 Å². The van der Waals surface area contributed by atoms with Crippen molar-refractivity contribution in [3.8, 4) is 0 Å². The van der Waals surface area contributed by atoms with Crippen LogP contribution in [0, 0.1) is 5.41 Å². The van der Waals surface area contributed by atoms with Crippen LogP contribution in [-0.4, -0.2) is 28.9 Å². The summed E-state index contributed by atoms with van der Waals surface area (Å²) in [5.74, 6) is -1.35. The number of aliphatic carboxylic acids is 1.